The van der Waals surface area contributed by atoms with Gasteiger partial charge in [-0.05, 0) is 43.7 Å². The molecule has 1 aliphatic carbocycles. The van der Waals surface area contributed by atoms with E-state index in [2.05, 4.69) is 30.3 Å². The highest BCUT2D eigenvalue weighted by atomic mass is 15.2. The monoisotopic (exact) mass is 221 g/mol. The second-order valence-corrected chi connectivity index (χ2v) is 5.32. The van der Waals surface area contributed by atoms with Crippen LogP contribution < -0.4 is 5.32 Å². The predicted molar refractivity (Wildman–Crippen MR) is 66.3 cm³/mol. The smallest absolute Gasteiger partial charge is 0.0627 e. The summed E-state index contributed by atoms with van der Waals surface area (Å²) in [6.45, 7) is 5.82. The van der Waals surface area contributed by atoms with Crippen LogP contribution in [0.3, 0.4) is 0 Å². The van der Waals surface area contributed by atoms with Crippen LogP contribution in [0.15, 0.2) is 12.3 Å². The Hall–Kier alpha value is -0.830. The second kappa shape index (κ2) is 5.00. The minimum absolute atomic E-state index is 0.696. The molecule has 0 spiro atoms. The number of aromatic nitrogens is 2. The van der Waals surface area contributed by atoms with Gasteiger partial charge in [0, 0.05) is 19.3 Å². The number of hydrogen-bond acceptors (Lipinski definition) is 2. The maximum Gasteiger partial charge on any atom is 0.0627 e. The first-order chi connectivity index (χ1) is 7.65. The third kappa shape index (κ3) is 3.34. The van der Waals surface area contributed by atoms with Gasteiger partial charge in [0.25, 0.3) is 0 Å². The SMILES string of the molecule is CC(CNC1CC1)C(C)Cc1ccn(C)n1. The lowest BCUT2D eigenvalue weighted by Crippen LogP contribution is -2.27. The highest BCUT2D eigenvalue weighted by Gasteiger charge is 2.22. The highest BCUT2D eigenvalue weighted by Crippen LogP contribution is 2.21. The Morgan fingerprint density at radius 1 is 1.44 bits per heavy atom. The molecule has 1 N–H and O–H groups in total. The van der Waals surface area contributed by atoms with Crippen LogP contribution in [0.4, 0.5) is 0 Å². The van der Waals surface area contributed by atoms with Crippen molar-refractivity contribution < 1.29 is 0 Å². The summed E-state index contributed by atoms with van der Waals surface area (Å²) in [6, 6.07) is 2.95. The maximum absolute atomic E-state index is 4.44. The van der Waals surface area contributed by atoms with Crippen molar-refractivity contribution in [1.29, 1.82) is 0 Å². The molecular weight excluding hydrogens is 198 g/mol. The average Bonchev–Trinajstić information content (AvgIpc) is 2.99. The zero-order valence-electron chi connectivity index (χ0n) is 10.6. The highest BCUT2D eigenvalue weighted by molar-refractivity contribution is 5.00. The number of nitrogens with zero attached hydrogens (tertiary/aromatic N) is 2. The third-order valence-corrected chi connectivity index (χ3v) is 3.58. The Bertz CT molecular complexity index is 328. The Kier molecular flexibility index (Phi) is 3.64. The normalized spacial score (nSPS) is 19.7. The predicted octanol–water partition coefficient (Wildman–Crippen LogP) is 1.99. The van der Waals surface area contributed by atoms with Gasteiger partial charge in [-0.2, -0.15) is 5.10 Å². The van der Waals surface area contributed by atoms with Gasteiger partial charge in [0.15, 0.2) is 0 Å². The fourth-order valence-corrected chi connectivity index (χ4v) is 1.94. The Morgan fingerprint density at radius 3 is 2.75 bits per heavy atom. The lowest BCUT2D eigenvalue weighted by molar-refractivity contribution is 0.361. The summed E-state index contributed by atoms with van der Waals surface area (Å²) in [5.74, 6) is 1.42. The van der Waals surface area contributed by atoms with Crippen molar-refractivity contribution >= 4 is 0 Å². The molecule has 16 heavy (non-hydrogen) atoms. The first-order valence-corrected chi connectivity index (χ1v) is 6.37. The van der Waals surface area contributed by atoms with Crippen LogP contribution in [0.5, 0.6) is 0 Å². The number of aryl methyl sites for hydroxylation is 1. The van der Waals surface area contributed by atoms with Gasteiger partial charge in [-0.1, -0.05) is 13.8 Å². The lowest BCUT2D eigenvalue weighted by atomic mass is 9.91. The molecule has 0 radical (unpaired) electrons. The molecule has 0 aliphatic heterocycles. The molecule has 2 unspecified atom stereocenters. The van der Waals surface area contributed by atoms with Crippen LogP contribution in [0.2, 0.25) is 0 Å². The lowest BCUT2D eigenvalue weighted by Gasteiger charge is -2.19. The molecule has 2 atom stereocenters. The molecule has 0 amide bonds. The summed E-state index contributed by atoms with van der Waals surface area (Å²) in [6.07, 6.45) is 5.87. The first kappa shape index (κ1) is 11.6. The number of rotatable bonds is 6. The second-order valence-electron chi connectivity index (χ2n) is 5.32. The standard InChI is InChI=1S/C13H23N3/c1-10(8-13-6-7-16(3)15-13)11(2)9-14-12-4-5-12/h6-7,10-12,14H,4-5,8-9H2,1-3H3. The van der Waals surface area contributed by atoms with E-state index in [1.54, 1.807) is 0 Å². The fourth-order valence-electron chi connectivity index (χ4n) is 1.94. The van der Waals surface area contributed by atoms with Crippen molar-refractivity contribution in [2.24, 2.45) is 18.9 Å². The van der Waals surface area contributed by atoms with Gasteiger partial charge < -0.3 is 5.32 Å². The van der Waals surface area contributed by atoms with Crippen LogP contribution >= 0.6 is 0 Å². The molecule has 0 aromatic carbocycles. The van der Waals surface area contributed by atoms with Crippen LogP contribution in [0.1, 0.15) is 32.4 Å². The molecule has 0 saturated heterocycles. The summed E-state index contributed by atoms with van der Waals surface area (Å²) in [4.78, 5) is 0. The van der Waals surface area contributed by atoms with Crippen molar-refractivity contribution in [3.8, 4) is 0 Å². The molecule has 90 valence electrons. The minimum atomic E-state index is 0.696. The van der Waals surface area contributed by atoms with E-state index in [9.17, 15) is 0 Å². The van der Waals surface area contributed by atoms with E-state index in [1.165, 1.54) is 18.5 Å². The molecule has 1 fully saturated rings. The number of hydrogen-bond donors (Lipinski definition) is 1. The van der Waals surface area contributed by atoms with Crippen LogP contribution in [0.25, 0.3) is 0 Å². The van der Waals surface area contributed by atoms with Crippen LogP contribution in [-0.4, -0.2) is 22.4 Å². The van der Waals surface area contributed by atoms with E-state index in [0.717, 1.165) is 24.9 Å². The number of nitrogens with one attached hydrogen (secondary N) is 1. The van der Waals surface area contributed by atoms with Crippen LogP contribution in [-0.2, 0) is 13.5 Å². The van der Waals surface area contributed by atoms with Gasteiger partial charge in [-0.15, -0.1) is 0 Å². The minimum Gasteiger partial charge on any atom is -0.314 e. The summed E-state index contributed by atoms with van der Waals surface area (Å²) in [5.41, 5.74) is 1.22. The maximum atomic E-state index is 4.44. The molecule has 0 bridgehead atoms. The average molecular weight is 221 g/mol. The summed E-state index contributed by atoms with van der Waals surface area (Å²) >= 11 is 0. The van der Waals surface area contributed by atoms with E-state index < -0.39 is 0 Å². The van der Waals surface area contributed by atoms with Crippen molar-refractivity contribution in [2.75, 3.05) is 6.54 Å². The van der Waals surface area contributed by atoms with Crippen molar-refractivity contribution in [3.05, 3.63) is 18.0 Å². The molecule has 1 aromatic rings. The molecule has 3 nitrogen and oxygen atoms in total. The summed E-state index contributed by atoms with van der Waals surface area (Å²) < 4.78 is 1.88. The van der Waals surface area contributed by atoms with E-state index in [0.29, 0.717) is 5.92 Å². The quantitative estimate of drug-likeness (QED) is 0.796. The van der Waals surface area contributed by atoms with E-state index >= 15 is 0 Å². The third-order valence-electron chi connectivity index (χ3n) is 3.58. The molecule has 1 heterocycles. The van der Waals surface area contributed by atoms with Crippen molar-refractivity contribution in [1.82, 2.24) is 15.1 Å². The molecule has 1 aromatic heterocycles. The zero-order chi connectivity index (χ0) is 11.5. The van der Waals surface area contributed by atoms with Gasteiger partial charge in [-0.25, -0.2) is 0 Å². The summed E-state index contributed by atoms with van der Waals surface area (Å²) in [5, 5.41) is 8.04. The molecule has 1 saturated carbocycles. The Balaban J connectivity index is 1.74. The first-order valence-electron chi connectivity index (χ1n) is 6.37. The van der Waals surface area contributed by atoms with E-state index in [4.69, 9.17) is 0 Å². The van der Waals surface area contributed by atoms with Crippen LogP contribution in [0, 0.1) is 11.8 Å². The Morgan fingerprint density at radius 2 is 2.19 bits per heavy atom. The van der Waals surface area contributed by atoms with E-state index in [-0.39, 0.29) is 0 Å². The zero-order valence-corrected chi connectivity index (χ0v) is 10.6. The van der Waals surface area contributed by atoms with Gasteiger partial charge in [-0.3, -0.25) is 4.68 Å². The fraction of sp³-hybridized carbons (Fsp3) is 0.769. The van der Waals surface area contributed by atoms with Gasteiger partial charge >= 0.3 is 0 Å². The molecule has 2 rings (SSSR count). The molecule has 1 aliphatic rings. The van der Waals surface area contributed by atoms with Crippen molar-refractivity contribution in [2.45, 2.75) is 39.2 Å². The largest absolute Gasteiger partial charge is 0.314 e. The topological polar surface area (TPSA) is 29.9 Å². The molecular formula is C13H23N3. The van der Waals surface area contributed by atoms with Crippen molar-refractivity contribution in [3.63, 3.8) is 0 Å². The van der Waals surface area contributed by atoms with Gasteiger partial charge in [0.1, 0.15) is 0 Å². The Labute approximate surface area is 98.2 Å². The molecule has 3 heteroatoms. The van der Waals surface area contributed by atoms with E-state index in [1.807, 2.05) is 17.9 Å². The summed E-state index contributed by atoms with van der Waals surface area (Å²) in [7, 11) is 1.98. The van der Waals surface area contributed by atoms with Gasteiger partial charge in [0.05, 0.1) is 5.69 Å². The van der Waals surface area contributed by atoms with Gasteiger partial charge in [0.2, 0.25) is 0 Å².